The van der Waals surface area contributed by atoms with Crippen molar-refractivity contribution in [2.24, 2.45) is 5.92 Å². The van der Waals surface area contributed by atoms with E-state index in [2.05, 4.69) is 24.1 Å². The van der Waals surface area contributed by atoms with E-state index < -0.39 is 23.7 Å². The molecule has 0 aliphatic carbocycles. The molecule has 1 N–H and O–H groups in total. The van der Waals surface area contributed by atoms with Gasteiger partial charge in [-0.25, -0.2) is 14.6 Å². The number of esters is 1. The molecule has 1 aromatic rings. The van der Waals surface area contributed by atoms with Crippen LogP contribution in [0.25, 0.3) is 0 Å². The monoisotopic (exact) mass is 339 g/mol. The van der Waals surface area contributed by atoms with Gasteiger partial charge in [-0.3, -0.25) is 0 Å². The van der Waals surface area contributed by atoms with Crippen molar-refractivity contribution in [3.63, 3.8) is 0 Å². The van der Waals surface area contributed by atoms with Crippen LogP contribution in [0.1, 0.15) is 46.7 Å². The van der Waals surface area contributed by atoms with E-state index in [0.29, 0.717) is 11.6 Å². The standard InChI is InChI=1S/C17H29N3O4/c1-12(2)7-8-20-10-13(18-11-20)9-14(15(21)23-6)19-16(22)24-17(3,4)5/h10-12,14H,7-9H2,1-6H3,(H,19,22). The molecule has 1 rings (SSSR count). The van der Waals surface area contributed by atoms with Crippen molar-refractivity contribution in [3.05, 3.63) is 18.2 Å². The normalized spacial score (nSPS) is 12.8. The molecule has 24 heavy (non-hydrogen) atoms. The van der Waals surface area contributed by atoms with Gasteiger partial charge in [0, 0.05) is 19.2 Å². The molecule has 1 aromatic heterocycles. The molecule has 1 amide bonds. The van der Waals surface area contributed by atoms with E-state index >= 15 is 0 Å². The van der Waals surface area contributed by atoms with Gasteiger partial charge in [-0.15, -0.1) is 0 Å². The minimum absolute atomic E-state index is 0.251. The minimum atomic E-state index is -0.835. The molecule has 0 fully saturated rings. The number of nitrogens with one attached hydrogen (secondary N) is 1. The van der Waals surface area contributed by atoms with Crippen molar-refractivity contribution in [2.75, 3.05) is 7.11 Å². The smallest absolute Gasteiger partial charge is 0.408 e. The molecule has 0 saturated heterocycles. The molecule has 0 aromatic carbocycles. The number of rotatable bonds is 7. The van der Waals surface area contributed by atoms with Gasteiger partial charge in [0.25, 0.3) is 0 Å². The number of hydrogen-bond acceptors (Lipinski definition) is 5. The third kappa shape index (κ3) is 7.48. The third-order valence-electron chi connectivity index (χ3n) is 3.24. The predicted molar refractivity (Wildman–Crippen MR) is 90.6 cm³/mol. The predicted octanol–water partition coefficient (Wildman–Crippen LogP) is 2.54. The van der Waals surface area contributed by atoms with Crippen LogP contribution in [-0.2, 0) is 27.2 Å². The highest BCUT2D eigenvalue weighted by Crippen LogP contribution is 2.09. The summed E-state index contributed by atoms with van der Waals surface area (Å²) in [4.78, 5) is 28.1. The number of aromatic nitrogens is 2. The first-order chi connectivity index (χ1) is 11.1. The fourth-order valence-corrected chi connectivity index (χ4v) is 2.04. The SMILES string of the molecule is COC(=O)C(Cc1cn(CCC(C)C)cn1)NC(=O)OC(C)(C)C. The molecule has 136 valence electrons. The van der Waals surface area contributed by atoms with E-state index in [4.69, 9.17) is 9.47 Å². The molecular formula is C17H29N3O4. The van der Waals surface area contributed by atoms with Gasteiger partial charge in [0.1, 0.15) is 11.6 Å². The van der Waals surface area contributed by atoms with Crippen molar-refractivity contribution < 1.29 is 19.1 Å². The molecule has 0 spiro atoms. The minimum Gasteiger partial charge on any atom is -0.467 e. The Labute approximate surface area is 143 Å². The highest BCUT2D eigenvalue weighted by Gasteiger charge is 2.26. The molecule has 0 saturated carbocycles. The van der Waals surface area contributed by atoms with Crippen LogP contribution in [0.4, 0.5) is 4.79 Å². The topological polar surface area (TPSA) is 82.5 Å². The Morgan fingerprint density at radius 3 is 2.54 bits per heavy atom. The number of ether oxygens (including phenoxy) is 2. The Morgan fingerprint density at radius 2 is 2.00 bits per heavy atom. The average Bonchev–Trinajstić information content (AvgIpc) is 2.89. The van der Waals surface area contributed by atoms with Crippen LogP contribution in [0.5, 0.6) is 0 Å². The fraction of sp³-hybridized carbons (Fsp3) is 0.706. The summed E-state index contributed by atoms with van der Waals surface area (Å²) in [5, 5.41) is 2.55. The first-order valence-corrected chi connectivity index (χ1v) is 8.18. The maximum absolute atomic E-state index is 11.9. The lowest BCUT2D eigenvalue weighted by molar-refractivity contribution is -0.143. The van der Waals surface area contributed by atoms with Gasteiger partial charge in [0.05, 0.1) is 19.1 Å². The van der Waals surface area contributed by atoms with Crippen LogP contribution in [0.3, 0.4) is 0 Å². The molecule has 7 nitrogen and oxygen atoms in total. The van der Waals surface area contributed by atoms with E-state index in [0.717, 1.165) is 13.0 Å². The van der Waals surface area contributed by atoms with Crippen molar-refractivity contribution >= 4 is 12.1 Å². The maximum atomic E-state index is 11.9. The zero-order valence-corrected chi connectivity index (χ0v) is 15.5. The van der Waals surface area contributed by atoms with Gasteiger partial charge in [0.2, 0.25) is 0 Å². The second-order valence-corrected chi connectivity index (χ2v) is 7.21. The second kappa shape index (κ2) is 8.70. The highest BCUT2D eigenvalue weighted by molar-refractivity contribution is 5.81. The number of alkyl carbamates (subject to hydrolysis) is 1. The van der Waals surface area contributed by atoms with E-state index in [9.17, 15) is 9.59 Å². The summed E-state index contributed by atoms with van der Waals surface area (Å²) < 4.78 is 11.9. The summed E-state index contributed by atoms with van der Waals surface area (Å²) in [6, 6.07) is -0.835. The number of amides is 1. The van der Waals surface area contributed by atoms with E-state index in [1.165, 1.54) is 7.11 Å². The molecule has 1 unspecified atom stereocenters. The van der Waals surface area contributed by atoms with Crippen LogP contribution < -0.4 is 5.32 Å². The van der Waals surface area contributed by atoms with Gasteiger partial charge in [-0.2, -0.15) is 0 Å². The van der Waals surface area contributed by atoms with Crippen molar-refractivity contribution in [3.8, 4) is 0 Å². The van der Waals surface area contributed by atoms with E-state index in [1.807, 2.05) is 10.8 Å². The quantitative estimate of drug-likeness (QED) is 0.772. The lowest BCUT2D eigenvalue weighted by Crippen LogP contribution is -2.45. The van der Waals surface area contributed by atoms with Gasteiger partial charge in [0.15, 0.2) is 0 Å². The third-order valence-corrected chi connectivity index (χ3v) is 3.24. The van der Waals surface area contributed by atoms with Crippen LogP contribution in [-0.4, -0.2) is 40.4 Å². The summed E-state index contributed by atoms with van der Waals surface area (Å²) in [7, 11) is 1.29. The molecular weight excluding hydrogens is 310 g/mol. The van der Waals surface area contributed by atoms with Crippen LogP contribution in [0.2, 0.25) is 0 Å². The van der Waals surface area contributed by atoms with Gasteiger partial charge >= 0.3 is 12.1 Å². The average molecular weight is 339 g/mol. The number of imidazole rings is 1. The summed E-state index contributed by atoms with van der Waals surface area (Å²) in [5.41, 5.74) is 0.0774. The lowest BCUT2D eigenvalue weighted by Gasteiger charge is -2.22. The molecule has 0 bridgehead atoms. The molecule has 0 aliphatic rings. The summed E-state index contributed by atoms with van der Waals surface area (Å²) in [6.45, 7) is 10.5. The van der Waals surface area contributed by atoms with Gasteiger partial charge < -0.3 is 19.4 Å². The second-order valence-electron chi connectivity index (χ2n) is 7.21. The van der Waals surface area contributed by atoms with Gasteiger partial charge in [-0.05, 0) is 33.1 Å². The first-order valence-electron chi connectivity index (χ1n) is 8.18. The Morgan fingerprint density at radius 1 is 1.33 bits per heavy atom. The molecule has 1 heterocycles. The first kappa shape index (κ1) is 20.0. The lowest BCUT2D eigenvalue weighted by atomic mass is 10.1. The molecule has 1 atom stereocenters. The van der Waals surface area contributed by atoms with Crippen molar-refractivity contribution in [1.29, 1.82) is 0 Å². The number of carbonyl (C=O) groups excluding carboxylic acids is 2. The summed E-state index contributed by atoms with van der Waals surface area (Å²) in [5.74, 6) is 0.0742. The number of methoxy groups -OCH3 is 1. The number of hydrogen-bond donors (Lipinski definition) is 1. The van der Waals surface area contributed by atoms with E-state index in [1.54, 1.807) is 27.1 Å². The highest BCUT2D eigenvalue weighted by atomic mass is 16.6. The van der Waals surface area contributed by atoms with Crippen molar-refractivity contribution in [1.82, 2.24) is 14.9 Å². The zero-order chi connectivity index (χ0) is 18.3. The molecule has 0 radical (unpaired) electrons. The van der Waals surface area contributed by atoms with Gasteiger partial charge in [-0.1, -0.05) is 13.8 Å². The number of carbonyl (C=O) groups is 2. The maximum Gasteiger partial charge on any atom is 0.408 e. The summed E-state index contributed by atoms with van der Waals surface area (Å²) >= 11 is 0. The summed E-state index contributed by atoms with van der Waals surface area (Å²) in [6.07, 6.45) is 4.26. The zero-order valence-electron chi connectivity index (χ0n) is 15.5. The van der Waals surface area contributed by atoms with E-state index in [-0.39, 0.29) is 6.42 Å². The van der Waals surface area contributed by atoms with Crippen molar-refractivity contribution in [2.45, 2.75) is 65.6 Å². The molecule has 7 heteroatoms. The van der Waals surface area contributed by atoms with Crippen LogP contribution in [0, 0.1) is 5.92 Å². The van der Waals surface area contributed by atoms with Crippen LogP contribution >= 0.6 is 0 Å². The Hall–Kier alpha value is -2.05. The Bertz CT molecular complexity index is 546. The Kier molecular flexibility index (Phi) is 7.25. The number of nitrogens with zero attached hydrogens (tertiary/aromatic N) is 2. The van der Waals surface area contributed by atoms with Crippen LogP contribution in [0.15, 0.2) is 12.5 Å². The fourth-order valence-electron chi connectivity index (χ4n) is 2.04. The Balaban J connectivity index is 2.69. The largest absolute Gasteiger partial charge is 0.467 e. The molecule has 0 aliphatic heterocycles. The number of aryl methyl sites for hydroxylation is 1.